The van der Waals surface area contributed by atoms with Gasteiger partial charge in [-0.1, -0.05) is 29.8 Å². The van der Waals surface area contributed by atoms with E-state index in [1.54, 1.807) is 4.90 Å². The number of nitrogens with one attached hydrogen (secondary N) is 1. The summed E-state index contributed by atoms with van der Waals surface area (Å²) in [7, 11) is 1.30. The van der Waals surface area contributed by atoms with Crippen molar-refractivity contribution in [2.45, 2.75) is 32.7 Å². The van der Waals surface area contributed by atoms with E-state index in [1.807, 2.05) is 38.1 Å². The van der Waals surface area contributed by atoms with Crippen LogP contribution in [0.4, 0.5) is 5.69 Å². The predicted molar refractivity (Wildman–Crippen MR) is 98.0 cm³/mol. The first-order chi connectivity index (χ1) is 11.8. The van der Waals surface area contributed by atoms with E-state index in [0.717, 1.165) is 10.2 Å². The van der Waals surface area contributed by atoms with Gasteiger partial charge in [-0.15, -0.1) is 0 Å². The fourth-order valence-corrected chi connectivity index (χ4v) is 3.14. The van der Waals surface area contributed by atoms with Gasteiger partial charge in [0.1, 0.15) is 6.04 Å². The molecule has 2 amide bonds. The van der Waals surface area contributed by atoms with Gasteiger partial charge in [-0.25, -0.2) is 4.79 Å². The maximum absolute atomic E-state index is 12.5. The first kappa shape index (κ1) is 19.4. The number of rotatable bonds is 6. The van der Waals surface area contributed by atoms with Crippen LogP contribution in [-0.4, -0.2) is 37.5 Å². The van der Waals surface area contributed by atoms with E-state index in [9.17, 15) is 14.4 Å². The van der Waals surface area contributed by atoms with E-state index < -0.39 is 17.9 Å². The van der Waals surface area contributed by atoms with Gasteiger partial charge in [-0.2, -0.15) is 0 Å². The lowest BCUT2D eigenvalue weighted by Crippen LogP contribution is -2.45. The van der Waals surface area contributed by atoms with E-state index in [0.29, 0.717) is 13.0 Å². The van der Waals surface area contributed by atoms with E-state index in [-0.39, 0.29) is 24.2 Å². The van der Waals surface area contributed by atoms with Crippen LogP contribution < -0.4 is 10.2 Å². The quantitative estimate of drug-likeness (QED) is 0.730. The highest BCUT2D eigenvalue weighted by atomic mass is 79.9. The number of halogens is 1. The van der Waals surface area contributed by atoms with Gasteiger partial charge in [0.25, 0.3) is 0 Å². The van der Waals surface area contributed by atoms with Crippen LogP contribution in [0.1, 0.15) is 26.7 Å². The zero-order valence-corrected chi connectivity index (χ0v) is 16.2. The van der Waals surface area contributed by atoms with Gasteiger partial charge >= 0.3 is 5.97 Å². The third-order valence-electron chi connectivity index (χ3n) is 4.14. The number of methoxy groups -OCH3 is 1. The molecule has 0 saturated carbocycles. The summed E-state index contributed by atoms with van der Waals surface area (Å²) in [6, 6.07) is 6.68. The van der Waals surface area contributed by atoms with E-state index in [1.165, 1.54) is 7.11 Å². The molecule has 1 aliphatic heterocycles. The molecule has 2 unspecified atom stereocenters. The topological polar surface area (TPSA) is 75.7 Å². The first-order valence-electron chi connectivity index (χ1n) is 8.26. The highest BCUT2D eigenvalue weighted by Crippen LogP contribution is 2.26. The summed E-state index contributed by atoms with van der Waals surface area (Å²) in [6.45, 7) is 4.24. The summed E-state index contributed by atoms with van der Waals surface area (Å²) < 4.78 is 5.69. The molecule has 25 heavy (non-hydrogen) atoms. The Morgan fingerprint density at radius 3 is 2.52 bits per heavy atom. The molecule has 1 aromatic rings. The largest absolute Gasteiger partial charge is 0.467 e. The lowest BCUT2D eigenvalue weighted by molar-refractivity contribution is -0.146. The van der Waals surface area contributed by atoms with Crippen molar-refractivity contribution in [3.05, 3.63) is 28.7 Å². The maximum Gasteiger partial charge on any atom is 0.328 e. The molecule has 1 aromatic carbocycles. The fraction of sp³-hybridized carbons (Fsp3) is 0.500. The summed E-state index contributed by atoms with van der Waals surface area (Å²) in [4.78, 5) is 38.3. The summed E-state index contributed by atoms with van der Waals surface area (Å²) >= 11 is 3.36. The number of ether oxygens (including phenoxy) is 1. The number of carbonyl (C=O) groups is 3. The van der Waals surface area contributed by atoms with Crippen LogP contribution in [0, 0.1) is 11.8 Å². The van der Waals surface area contributed by atoms with E-state index >= 15 is 0 Å². The summed E-state index contributed by atoms with van der Waals surface area (Å²) in [5.74, 6) is -1.09. The van der Waals surface area contributed by atoms with Crippen LogP contribution in [-0.2, 0) is 19.1 Å². The number of esters is 1. The van der Waals surface area contributed by atoms with Crippen LogP contribution in [0.25, 0.3) is 0 Å². The van der Waals surface area contributed by atoms with E-state index in [2.05, 4.69) is 21.2 Å². The molecular weight excluding hydrogens is 388 g/mol. The van der Waals surface area contributed by atoms with Gasteiger partial charge in [0, 0.05) is 23.1 Å². The van der Waals surface area contributed by atoms with E-state index in [4.69, 9.17) is 4.74 Å². The van der Waals surface area contributed by atoms with Gasteiger partial charge in [-0.05, 0) is 36.6 Å². The summed E-state index contributed by atoms with van der Waals surface area (Å²) in [5.41, 5.74) is 0.759. The molecule has 0 aromatic heterocycles. The number of amides is 2. The molecule has 7 heteroatoms. The summed E-state index contributed by atoms with van der Waals surface area (Å²) in [5, 5.41) is 2.74. The molecule has 0 aliphatic carbocycles. The monoisotopic (exact) mass is 410 g/mol. The number of anilines is 1. The second-order valence-electron chi connectivity index (χ2n) is 6.60. The molecule has 2 rings (SSSR count). The third kappa shape index (κ3) is 5.04. The molecule has 1 N–H and O–H groups in total. The van der Waals surface area contributed by atoms with Crippen molar-refractivity contribution in [3.63, 3.8) is 0 Å². The van der Waals surface area contributed by atoms with Crippen molar-refractivity contribution in [1.29, 1.82) is 0 Å². The third-order valence-corrected chi connectivity index (χ3v) is 4.67. The Labute approximate surface area is 156 Å². The average molecular weight is 411 g/mol. The highest BCUT2D eigenvalue weighted by Gasteiger charge is 2.36. The van der Waals surface area contributed by atoms with Crippen molar-refractivity contribution >= 4 is 39.4 Å². The number of nitrogens with zero attached hydrogens (tertiary/aromatic N) is 1. The molecule has 0 spiro atoms. The van der Waals surface area contributed by atoms with Crippen LogP contribution in [0.5, 0.6) is 0 Å². The lowest BCUT2D eigenvalue weighted by atomic mass is 10.0. The molecular formula is C18H23BrN2O4. The highest BCUT2D eigenvalue weighted by molar-refractivity contribution is 9.10. The minimum Gasteiger partial charge on any atom is -0.467 e. The lowest BCUT2D eigenvalue weighted by Gasteiger charge is -2.21. The molecule has 136 valence electrons. The Hall–Kier alpha value is -1.89. The van der Waals surface area contributed by atoms with Gasteiger partial charge in [0.2, 0.25) is 11.8 Å². The zero-order valence-electron chi connectivity index (χ0n) is 14.6. The van der Waals surface area contributed by atoms with Crippen LogP contribution in [0.2, 0.25) is 0 Å². The molecule has 2 atom stereocenters. The Kier molecular flexibility index (Phi) is 6.58. The smallest absolute Gasteiger partial charge is 0.328 e. The van der Waals surface area contributed by atoms with Crippen molar-refractivity contribution in [1.82, 2.24) is 5.32 Å². The Morgan fingerprint density at radius 1 is 1.32 bits per heavy atom. The molecule has 1 saturated heterocycles. The van der Waals surface area contributed by atoms with Crippen molar-refractivity contribution in [3.8, 4) is 0 Å². The second-order valence-corrected chi connectivity index (χ2v) is 7.51. The Bertz CT molecular complexity index is 645. The predicted octanol–water partition coefficient (Wildman–Crippen LogP) is 2.51. The van der Waals surface area contributed by atoms with Crippen LogP contribution in [0.15, 0.2) is 28.7 Å². The molecule has 1 fully saturated rings. The molecule has 1 aliphatic rings. The maximum atomic E-state index is 12.5. The number of hydrogen-bond donors (Lipinski definition) is 1. The van der Waals surface area contributed by atoms with Gasteiger partial charge in [-0.3, -0.25) is 9.59 Å². The summed E-state index contributed by atoms with van der Waals surface area (Å²) in [6.07, 6.45) is 0.632. The van der Waals surface area contributed by atoms with Crippen molar-refractivity contribution in [2.24, 2.45) is 11.8 Å². The average Bonchev–Trinajstić information content (AvgIpc) is 2.95. The molecule has 6 nitrogen and oxygen atoms in total. The SMILES string of the molecule is COC(=O)C(CC(C)C)NC(=O)C1CC(=O)N(c2ccc(Br)cc2)C1. The van der Waals surface area contributed by atoms with Gasteiger partial charge in [0.15, 0.2) is 0 Å². The van der Waals surface area contributed by atoms with Crippen LogP contribution >= 0.6 is 15.9 Å². The standard InChI is InChI=1S/C18H23BrN2O4/c1-11(2)8-15(18(24)25-3)20-17(23)12-9-16(22)21(10-12)14-6-4-13(19)5-7-14/h4-7,11-12,15H,8-10H2,1-3H3,(H,20,23). The number of hydrogen-bond acceptors (Lipinski definition) is 4. The Balaban J connectivity index is 2.03. The molecule has 1 heterocycles. The fourth-order valence-electron chi connectivity index (χ4n) is 2.87. The minimum atomic E-state index is -0.686. The molecule has 0 radical (unpaired) electrons. The normalized spacial score (nSPS) is 18.4. The second kappa shape index (κ2) is 8.47. The minimum absolute atomic E-state index is 0.0963. The first-order valence-corrected chi connectivity index (χ1v) is 9.05. The number of carbonyl (C=O) groups excluding carboxylic acids is 3. The molecule has 0 bridgehead atoms. The van der Waals surface area contributed by atoms with Crippen molar-refractivity contribution < 1.29 is 19.1 Å². The number of benzene rings is 1. The Morgan fingerprint density at radius 2 is 1.96 bits per heavy atom. The van der Waals surface area contributed by atoms with Crippen molar-refractivity contribution in [2.75, 3.05) is 18.6 Å². The van der Waals surface area contributed by atoms with Crippen LogP contribution in [0.3, 0.4) is 0 Å². The zero-order chi connectivity index (χ0) is 18.6. The van der Waals surface area contributed by atoms with Gasteiger partial charge < -0.3 is 15.0 Å². The van der Waals surface area contributed by atoms with Gasteiger partial charge in [0.05, 0.1) is 13.0 Å².